The van der Waals surface area contributed by atoms with Crippen LogP contribution in [0.4, 0.5) is 0 Å². The lowest BCUT2D eigenvalue weighted by molar-refractivity contribution is -0.888. The largest absolute Gasteiger partial charge is 0.763 e. The zero-order valence-electron chi connectivity index (χ0n) is 15.9. The first-order valence-electron chi connectivity index (χ1n) is 8.81. The normalized spacial score (nSPS) is 20.2. The van der Waals surface area contributed by atoms with Crippen molar-refractivity contribution in [3.8, 4) is 0 Å². The van der Waals surface area contributed by atoms with Crippen molar-refractivity contribution in [2.24, 2.45) is 0 Å². The molecule has 2 aliphatic heterocycles. The van der Waals surface area contributed by atoms with Gasteiger partial charge in [-0.25, -0.2) is 4.79 Å². The van der Waals surface area contributed by atoms with Crippen LogP contribution in [0, 0.1) is 0 Å². The molecule has 1 unspecified atom stereocenters. The second-order valence-electron chi connectivity index (χ2n) is 6.42. The number of morpholine rings is 1. The quantitative estimate of drug-likeness (QED) is 0.341. The van der Waals surface area contributed by atoms with Gasteiger partial charge in [-0.05, 0) is 12.5 Å². The number of carbonyl (C=O) groups is 1. The van der Waals surface area contributed by atoms with Crippen molar-refractivity contribution in [2.75, 3.05) is 40.5 Å². The number of quaternary nitrogens is 1. The summed E-state index contributed by atoms with van der Waals surface area (Å²) < 4.78 is 9.96. The Morgan fingerprint density at radius 1 is 1.33 bits per heavy atom. The minimum absolute atomic E-state index is 0.353. The first-order valence-corrected chi connectivity index (χ1v) is 9.21. The van der Waals surface area contributed by atoms with Crippen molar-refractivity contribution in [1.82, 2.24) is 5.32 Å². The number of ether oxygens (including phenoxy) is 2. The van der Waals surface area contributed by atoms with Crippen molar-refractivity contribution < 1.29 is 19.2 Å². The minimum atomic E-state index is -0.484. The van der Waals surface area contributed by atoms with Gasteiger partial charge in [0.15, 0.2) is 0 Å². The number of hydrogen-bond acceptors (Lipinski definition) is 4. The lowest BCUT2D eigenvalue weighted by atomic mass is 9.81. The topological polar surface area (TPSA) is 74.3 Å². The molecule has 0 saturated carbocycles. The van der Waals surface area contributed by atoms with Crippen LogP contribution in [-0.2, 0) is 14.3 Å². The van der Waals surface area contributed by atoms with Crippen molar-refractivity contribution in [3.63, 3.8) is 0 Å². The second kappa shape index (κ2) is 10.1. The fourth-order valence-electron chi connectivity index (χ4n) is 2.99. The third kappa shape index (κ3) is 5.34. The van der Waals surface area contributed by atoms with Crippen molar-refractivity contribution in [2.45, 2.75) is 12.8 Å². The van der Waals surface area contributed by atoms with Crippen molar-refractivity contribution in [3.05, 3.63) is 58.1 Å². The molecule has 0 spiro atoms. The standard InChI is InChI=1S/C15H13N2O2S.C5H11NO/c1-9-12(15(18)19-2)13(10-6-4-3-5-7-10)11(8-16)14(20)17-9;1-6-2-4-7-5-3-6/h3-7,13H,1-2H3,(H,17,20);2-5H2,1H3/q-1;/p+1. The molecule has 144 valence electrons. The van der Waals surface area contributed by atoms with E-state index in [0.29, 0.717) is 21.8 Å². The zero-order valence-corrected chi connectivity index (χ0v) is 16.7. The number of rotatable bonds is 2. The fraction of sp³-hybridized carbons (Fsp3) is 0.400. The molecule has 1 atom stereocenters. The Morgan fingerprint density at radius 3 is 2.44 bits per heavy atom. The van der Waals surface area contributed by atoms with Crippen LogP contribution in [0.15, 0.2) is 47.2 Å². The number of benzene rings is 1. The Kier molecular flexibility index (Phi) is 7.88. The summed E-state index contributed by atoms with van der Waals surface area (Å²) in [5, 5.41) is 12.3. The van der Waals surface area contributed by atoms with Gasteiger partial charge in [-0.15, -0.1) is 0 Å². The molecule has 1 fully saturated rings. The third-order valence-electron chi connectivity index (χ3n) is 4.53. The molecule has 2 heterocycles. The number of allylic oxidation sites excluding steroid dienone is 1. The molecule has 2 aliphatic rings. The Morgan fingerprint density at radius 2 is 1.96 bits per heavy atom. The second-order valence-corrected chi connectivity index (χ2v) is 6.83. The van der Waals surface area contributed by atoms with E-state index in [1.165, 1.54) is 20.2 Å². The van der Waals surface area contributed by atoms with Gasteiger partial charge in [0, 0.05) is 11.3 Å². The molecule has 3 rings (SSSR count). The van der Waals surface area contributed by atoms with Gasteiger partial charge in [-0.2, -0.15) is 0 Å². The van der Waals surface area contributed by atoms with E-state index in [0.717, 1.165) is 18.8 Å². The molecule has 1 aromatic rings. The highest BCUT2D eigenvalue weighted by atomic mass is 32.1. The number of methoxy groups -OCH3 is 1. The van der Waals surface area contributed by atoms with Crippen LogP contribution in [0.25, 0.3) is 5.41 Å². The molecule has 6 nitrogen and oxygen atoms in total. The Hall–Kier alpha value is -2.31. The molecule has 7 heteroatoms. The number of esters is 1. The number of carbonyl (C=O) groups excluding carboxylic acids is 1. The van der Waals surface area contributed by atoms with E-state index < -0.39 is 11.9 Å². The summed E-state index contributed by atoms with van der Waals surface area (Å²) >= 11 is 5.20. The monoisotopic (exact) mass is 387 g/mol. The first kappa shape index (κ1) is 21.0. The van der Waals surface area contributed by atoms with Gasteiger partial charge in [0.05, 0.1) is 38.9 Å². The summed E-state index contributed by atoms with van der Waals surface area (Å²) in [5.41, 5.74) is 2.24. The molecule has 27 heavy (non-hydrogen) atoms. The highest BCUT2D eigenvalue weighted by Gasteiger charge is 2.34. The van der Waals surface area contributed by atoms with Gasteiger partial charge >= 0.3 is 5.97 Å². The zero-order chi connectivity index (χ0) is 19.8. The molecule has 0 amide bonds. The average Bonchev–Trinajstić information content (AvgIpc) is 2.68. The summed E-state index contributed by atoms with van der Waals surface area (Å²) in [5.74, 6) is 1.16. The molecular formula is C20H25N3O3S. The summed E-state index contributed by atoms with van der Waals surface area (Å²) in [7, 11) is 3.52. The van der Waals surface area contributed by atoms with Crippen LogP contribution < -0.4 is 10.2 Å². The molecule has 1 saturated heterocycles. The summed E-state index contributed by atoms with van der Waals surface area (Å²) in [4.78, 5) is 14.0. The van der Waals surface area contributed by atoms with E-state index in [1.807, 2.05) is 30.3 Å². The Balaban J connectivity index is 0.000000313. The van der Waals surface area contributed by atoms with Crippen molar-refractivity contribution in [1.29, 1.82) is 0 Å². The Labute approximate surface area is 165 Å². The summed E-state index contributed by atoms with van der Waals surface area (Å²) in [6.07, 6.45) is 0. The molecule has 0 aromatic heterocycles. The molecule has 2 N–H and O–H groups in total. The lowest BCUT2D eigenvalue weighted by Gasteiger charge is -2.30. The first-order chi connectivity index (χ1) is 13.0. The van der Waals surface area contributed by atoms with E-state index in [9.17, 15) is 10.2 Å². The lowest BCUT2D eigenvalue weighted by Crippen LogP contribution is -3.11. The van der Waals surface area contributed by atoms with Crippen LogP contribution in [0.1, 0.15) is 18.4 Å². The van der Waals surface area contributed by atoms with Gasteiger partial charge in [0.25, 0.3) is 0 Å². The van der Waals surface area contributed by atoms with Crippen LogP contribution in [0.5, 0.6) is 0 Å². The number of thiocarbonyl (C=S) groups is 1. The number of nitrogens with zero attached hydrogens (tertiary/aromatic N) is 1. The fourth-order valence-corrected chi connectivity index (χ4v) is 3.31. The van der Waals surface area contributed by atoms with E-state index in [-0.39, 0.29) is 0 Å². The van der Waals surface area contributed by atoms with Gasteiger partial charge in [0.1, 0.15) is 18.1 Å². The van der Waals surface area contributed by atoms with E-state index in [1.54, 1.807) is 11.8 Å². The van der Waals surface area contributed by atoms with E-state index in [2.05, 4.69) is 18.2 Å². The van der Waals surface area contributed by atoms with E-state index in [4.69, 9.17) is 21.7 Å². The maximum absolute atomic E-state index is 12.0. The summed E-state index contributed by atoms with van der Waals surface area (Å²) in [6, 6.07) is 9.33. The predicted molar refractivity (Wildman–Crippen MR) is 109 cm³/mol. The highest BCUT2D eigenvalue weighted by Crippen LogP contribution is 2.36. The minimum Gasteiger partial charge on any atom is -0.763 e. The Bertz CT molecular complexity index is 764. The number of likely N-dealkylation sites (N-methyl/N-ethyl adjacent to an activating group) is 1. The third-order valence-corrected chi connectivity index (χ3v) is 4.85. The SMILES string of the molecule is COC(=O)C1=C(C)NC(=S)C(=C=[N-])C1c1ccccc1.C[NH+]1CCOCC1. The number of hydrogen-bond donors (Lipinski definition) is 2. The van der Waals surface area contributed by atoms with Crippen LogP contribution in [0.3, 0.4) is 0 Å². The molecular weight excluding hydrogens is 362 g/mol. The summed E-state index contributed by atoms with van der Waals surface area (Å²) in [6.45, 7) is 6.01. The van der Waals surface area contributed by atoms with Gasteiger partial charge < -0.3 is 25.1 Å². The van der Waals surface area contributed by atoms with Crippen molar-refractivity contribution >= 4 is 29.0 Å². The number of nitrogens with one attached hydrogen (secondary N) is 2. The molecule has 0 radical (unpaired) electrons. The van der Waals surface area contributed by atoms with E-state index >= 15 is 0 Å². The maximum atomic E-state index is 12.0. The maximum Gasteiger partial charge on any atom is 0.336 e. The molecule has 0 bridgehead atoms. The smallest absolute Gasteiger partial charge is 0.336 e. The molecule has 1 aromatic carbocycles. The van der Waals surface area contributed by atoms with Gasteiger partial charge in [-0.3, -0.25) is 5.87 Å². The highest BCUT2D eigenvalue weighted by molar-refractivity contribution is 7.80. The van der Waals surface area contributed by atoms with Gasteiger partial charge in [-0.1, -0.05) is 42.5 Å². The van der Waals surface area contributed by atoms with Crippen LogP contribution >= 0.6 is 12.2 Å². The average molecular weight is 388 g/mol. The van der Waals surface area contributed by atoms with Crippen LogP contribution in [0.2, 0.25) is 0 Å². The molecule has 0 aliphatic carbocycles. The predicted octanol–water partition coefficient (Wildman–Crippen LogP) is 0.845. The van der Waals surface area contributed by atoms with Crippen LogP contribution in [-0.4, -0.2) is 57.3 Å². The van der Waals surface area contributed by atoms with Gasteiger partial charge in [0.2, 0.25) is 0 Å².